The van der Waals surface area contributed by atoms with Crippen LogP contribution >= 0.6 is 15.9 Å². The Morgan fingerprint density at radius 3 is 2.74 bits per heavy atom. The van der Waals surface area contributed by atoms with E-state index in [2.05, 4.69) is 15.9 Å². The quantitative estimate of drug-likeness (QED) is 0.849. The molecule has 0 spiro atoms. The minimum absolute atomic E-state index is 0.00190. The lowest BCUT2D eigenvalue weighted by Gasteiger charge is -2.27. The van der Waals surface area contributed by atoms with Gasteiger partial charge in [0.1, 0.15) is 6.54 Å². The van der Waals surface area contributed by atoms with Gasteiger partial charge in [-0.2, -0.15) is 0 Å². The molecule has 0 aliphatic carbocycles. The number of halogens is 1. The summed E-state index contributed by atoms with van der Waals surface area (Å²) < 4.78 is 6.93. The largest absolute Gasteiger partial charge is 0.397 e. The second kappa shape index (κ2) is 5.75. The van der Waals surface area contributed by atoms with Crippen molar-refractivity contribution in [1.29, 1.82) is 0 Å². The van der Waals surface area contributed by atoms with Crippen LogP contribution in [0.15, 0.2) is 15.5 Å². The number of carbonyl (C=O) groups excluding carboxylic acids is 1. The average molecular weight is 330 g/mol. The summed E-state index contributed by atoms with van der Waals surface area (Å²) in [6, 6.07) is 0. The lowest BCUT2D eigenvalue weighted by atomic mass is 10.2. The summed E-state index contributed by atoms with van der Waals surface area (Å²) in [5.41, 5.74) is 6.75. The lowest BCUT2D eigenvalue weighted by Crippen LogP contribution is -2.43. The lowest BCUT2D eigenvalue weighted by molar-refractivity contribution is -0.135. The summed E-state index contributed by atoms with van der Waals surface area (Å²) in [5.74, 6) is -0.0967. The Labute approximate surface area is 119 Å². The molecule has 1 aromatic rings. The summed E-state index contributed by atoms with van der Waals surface area (Å²) in [4.78, 5) is 25.8. The van der Waals surface area contributed by atoms with Crippen LogP contribution in [0.1, 0.15) is 5.56 Å². The summed E-state index contributed by atoms with van der Waals surface area (Å²) in [7, 11) is 0. The third-order valence-electron chi connectivity index (χ3n) is 3.18. The maximum atomic E-state index is 12.1. The van der Waals surface area contributed by atoms with Crippen molar-refractivity contribution in [3.05, 3.63) is 26.6 Å². The summed E-state index contributed by atoms with van der Waals surface area (Å²) in [6.07, 6.45) is 1.51. The van der Waals surface area contributed by atoms with E-state index in [1.165, 1.54) is 10.8 Å². The minimum Gasteiger partial charge on any atom is -0.397 e. The van der Waals surface area contributed by atoms with Gasteiger partial charge in [-0.1, -0.05) is 0 Å². The van der Waals surface area contributed by atoms with Crippen LogP contribution in [0.3, 0.4) is 0 Å². The number of rotatable bonds is 2. The van der Waals surface area contributed by atoms with Crippen molar-refractivity contribution < 1.29 is 9.53 Å². The summed E-state index contributed by atoms with van der Waals surface area (Å²) in [5, 5.41) is 0. The zero-order valence-corrected chi connectivity index (χ0v) is 12.3. The van der Waals surface area contributed by atoms with E-state index in [1.807, 2.05) is 0 Å². The van der Waals surface area contributed by atoms with Crippen molar-refractivity contribution in [1.82, 2.24) is 9.47 Å². The number of amides is 1. The number of aromatic nitrogens is 1. The van der Waals surface area contributed by atoms with E-state index in [9.17, 15) is 9.59 Å². The smallest absolute Gasteiger partial charge is 0.265 e. The third-order valence-corrected chi connectivity index (χ3v) is 4.11. The Morgan fingerprint density at radius 2 is 2.11 bits per heavy atom. The summed E-state index contributed by atoms with van der Waals surface area (Å²) in [6.45, 7) is 3.98. The van der Waals surface area contributed by atoms with Gasteiger partial charge in [-0.05, 0) is 28.4 Å². The van der Waals surface area contributed by atoms with Crippen molar-refractivity contribution in [2.24, 2.45) is 0 Å². The molecule has 2 heterocycles. The van der Waals surface area contributed by atoms with E-state index in [0.29, 0.717) is 42.0 Å². The van der Waals surface area contributed by atoms with Crippen molar-refractivity contribution >= 4 is 27.5 Å². The van der Waals surface area contributed by atoms with E-state index in [-0.39, 0.29) is 18.0 Å². The van der Waals surface area contributed by atoms with E-state index >= 15 is 0 Å². The highest BCUT2D eigenvalue weighted by atomic mass is 79.9. The van der Waals surface area contributed by atoms with Gasteiger partial charge < -0.3 is 19.9 Å². The van der Waals surface area contributed by atoms with Crippen LogP contribution in [-0.2, 0) is 16.1 Å². The number of morpholine rings is 1. The molecule has 0 unspecified atom stereocenters. The Kier molecular flexibility index (Phi) is 4.26. The zero-order valence-electron chi connectivity index (χ0n) is 10.7. The molecule has 0 bridgehead atoms. The van der Waals surface area contributed by atoms with E-state index < -0.39 is 0 Å². The molecule has 1 amide bonds. The van der Waals surface area contributed by atoms with Crippen LogP contribution in [0.2, 0.25) is 0 Å². The van der Waals surface area contributed by atoms with Gasteiger partial charge in [0.2, 0.25) is 5.91 Å². The van der Waals surface area contributed by atoms with Gasteiger partial charge in [0.05, 0.1) is 23.4 Å². The predicted molar refractivity (Wildman–Crippen MR) is 75.0 cm³/mol. The molecule has 1 aromatic heterocycles. The molecule has 0 atom stereocenters. The van der Waals surface area contributed by atoms with E-state index in [4.69, 9.17) is 10.5 Å². The Hall–Kier alpha value is -1.34. The topological polar surface area (TPSA) is 77.6 Å². The highest BCUT2D eigenvalue weighted by Crippen LogP contribution is 2.17. The van der Waals surface area contributed by atoms with Gasteiger partial charge in [0.25, 0.3) is 5.56 Å². The SMILES string of the molecule is Cc1c(N)cn(CC(=O)N2CCOCC2)c(=O)c1Br. The first-order chi connectivity index (χ1) is 9.00. The fourth-order valence-corrected chi connectivity index (χ4v) is 2.37. The van der Waals surface area contributed by atoms with Crippen molar-refractivity contribution in [2.45, 2.75) is 13.5 Å². The number of carbonyl (C=O) groups is 1. The number of nitrogens with two attached hydrogens (primary N) is 1. The predicted octanol–water partition coefficient (Wildman–Crippen LogP) is 0.360. The number of hydrogen-bond acceptors (Lipinski definition) is 4. The maximum Gasteiger partial charge on any atom is 0.265 e. The number of hydrogen-bond donors (Lipinski definition) is 1. The average Bonchev–Trinajstić information content (AvgIpc) is 2.43. The molecule has 2 rings (SSSR count). The molecule has 104 valence electrons. The molecule has 2 N–H and O–H groups in total. The molecule has 7 heteroatoms. The highest BCUT2D eigenvalue weighted by Gasteiger charge is 2.18. The highest BCUT2D eigenvalue weighted by molar-refractivity contribution is 9.10. The Balaban J connectivity index is 2.19. The fourth-order valence-electron chi connectivity index (χ4n) is 1.91. The molecule has 1 aliphatic heterocycles. The zero-order chi connectivity index (χ0) is 14.0. The molecule has 0 radical (unpaired) electrons. The molecule has 1 fully saturated rings. The maximum absolute atomic E-state index is 12.1. The first-order valence-corrected chi connectivity index (χ1v) is 6.80. The van der Waals surface area contributed by atoms with Gasteiger partial charge in [0.15, 0.2) is 0 Å². The standard InChI is InChI=1S/C12H16BrN3O3/c1-8-9(14)6-16(12(18)11(8)13)7-10(17)15-2-4-19-5-3-15/h6H,2-5,7,14H2,1H3. The van der Waals surface area contributed by atoms with Gasteiger partial charge >= 0.3 is 0 Å². The van der Waals surface area contributed by atoms with Crippen LogP contribution < -0.4 is 11.3 Å². The number of ether oxygens (including phenoxy) is 1. The Morgan fingerprint density at radius 1 is 1.47 bits per heavy atom. The first kappa shape index (κ1) is 14.1. The molecule has 0 saturated carbocycles. The number of pyridine rings is 1. The van der Waals surface area contributed by atoms with Gasteiger partial charge in [0, 0.05) is 19.3 Å². The molecule has 6 nitrogen and oxygen atoms in total. The van der Waals surface area contributed by atoms with Gasteiger partial charge in [-0.15, -0.1) is 0 Å². The van der Waals surface area contributed by atoms with E-state index in [1.54, 1.807) is 11.8 Å². The normalized spacial score (nSPS) is 15.6. The van der Waals surface area contributed by atoms with Crippen LogP contribution in [0, 0.1) is 6.92 Å². The number of nitrogen functional groups attached to an aromatic ring is 1. The van der Waals surface area contributed by atoms with Crippen LogP contribution in [0.25, 0.3) is 0 Å². The summed E-state index contributed by atoms with van der Waals surface area (Å²) >= 11 is 3.21. The van der Waals surface area contributed by atoms with Gasteiger partial charge in [-0.3, -0.25) is 9.59 Å². The first-order valence-electron chi connectivity index (χ1n) is 6.01. The molecule has 19 heavy (non-hydrogen) atoms. The molecular formula is C12H16BrN3O3. The minimum atomic E-state index is -0.242. The van der Waals surface area contributed by atoms with Crippen molar-refractivity contribution in [3.8, 4) is 0 Å². The molecular weight excluding hydrogens is 314 g/mol. The van der Waals surface area contributed by atoms with Crippen molar-refractivity contribution in [2.75, 3.05) is 32.0 Å². The third kappa shape index (κ3) is 2.98. The second-order valence-corrected chi connectivity index (χ2v) is 5.24. The number of nitrogens with zero attached hydrogens (tertiary/aromatic N) is 2. The molecule has 1 aliphatic rings. The molecule has 1 saturated heterocycles. The van der Waals surface area contributed by atoms with E-state index in [0.717, 1.165) is 0 Å². The van der Waals surface area contributed by atoms with Crippen LogP contribution in [0.5, 0.6) is 0 Å². The second-order valence-electron chi connectivity index (χ2n) is 4.45. The van der Waals surface area contributed by atoms with Crippen LogP contribution in [-0.4, -0.2) is 41.7 Å². The van der Waals surface area contributed by atoms with Crippen molar-refractivity contribution in [3.63, 3.8) is 0 Å². The van der Waals surface area contributed by atoms with Gasteiger partial charge in [-0.25, -0.2) is 0 Å². The molecule has 0 aromatic carbocycles. The van der Waals surface area contributed by atoms with Crippen LogP contribution in [0.4, 0.5) is 5.69 Å². The number of anilines is 1. The fraction of sp³-hybridized carbons (Fsp3) is 0.500. The monoisotopic (exact) mass is 329 g/mol. The Bertz CT molecular complexity index is 550.